The van der Waals surface area contributed by atoms with Gasteiger partial charge in [-0.25, -0.2) is 0 Å². The molecule has 0 bridgehead atoms. The average Bonchev–Trinajstić information content (AvgIpc) is 2.02. The summed E-state index contributed by atoms with van der Waals surface area (Å²) in [5.41, 5.74) is 5.42. The van der Waals surface area contributed by atoms with Crippen LogP contribution in [0.25, 0.3) is 0 Å². The van der Waals surface area contributed by atoms with E-state index in [0.29, 0.717) is 3.57 Å². The second-order valence-corrected chi connectivity index (χ2v) is 3.67. The van der Waals surface area contributed by atoms with Crippen molar-refractivity contribution in [2.75, 3.05) is 0 Å². The van der Waals surface area contributed by atoms with Crippen molar-refractivity contribution in [2.24, 2.45) is 5.73 Å². The first-order chi connectivity index (χ1) is 5.95. The summed E-state index contributed by atoms with van der Waals surface area (Å²) < 4.78 is 37.1. The van der Waals surface area contributed by atoms with E-state index in [1.54, 1.807) is 0 Å². The highest BCUT2D eigenvalue weighted by Crippen LogP contribution is 2.30. The van der Waals surface area contributed by atoms with Crippen LogP contribution in [0.4, 0.5) is 13.2 Å². The average molecular weight is 338 g/mol. The van der Waals surface area contributed by atoms with E-state index in [1.165, 1.54) is 6.07 Å². The Kier molecular flexibility index (Phi) is 5.17. The molecule has 1 aromatic carbocycles. The Hall–Kier alpha value is -0.0100. The van der Waals surface area contributed by atoms with Gasteiger partial charge in [-0.3, -0.25) is 0 Å². The van der Waals surface area contributed by atoms with Gasteiger partial charge in [0.15, 0.2) is 0 Å². The van der Waals surface area contributed by atoms with Crippen LogP contribution in [-0.4, -0.2) is 0 Å². The Bertz CT molecular complexity index is 314. The maximum absolute atomic E-state index is 12.2. The summed E-state index contributed by atoms with van der Waals surface area (Å²) in [5.74, 6) is 0. The van der Waals surface area contributed by atoms with Crippen LogP contribution >= 0.6 is 35.0 Å². The molecule has 0 fully saturated rings. The SMILES string of the molecule is Cl.NCc1ccc(C(F)(F)F)cc1I. The normalized spacial score (nSPS) is 10.9. The predicted molar refractivity (Wildman–Crippen MR) is 59.3 cm³/mol. The molecular weight excluding hydrogens is 329 g/mol. The first kappa shape index (κ1) is 14.0. The molecule has 1 aromatic rings. The fraction of sp³-hybridized carbons (Fsp3) is 0.250. The summed E-state index contributed by atoms with van der Waals surface area (Å²) in [6.45, 7) is 0.260. The number of alkyl halides is 3. The molecule has 0 aromatic heterocycles. The van der Waals surface area contributed by atoms with Gasteiger partial charge >= 0.3 is 6.18 Å². The highest BCUT2D eigenvalue weighted by molar-refractivity contribution is 14.1. The van der Waals surface area contributed by atoms with E-state index in [-0.39, 0.29) is 19.0 Å². The molecule has 6 heteroatoms. The lowest BCUT2D eigenvalue weighted by atomic mass is 10.1. The smallest absolute Gasteiger partial charge is 0.326 e. The molecule has 2 N–H and O–H groups in total. The first-order valence-electron chi connectivity index (χ1n) is 3.51. The molecule has 1 rings (SSSR count). The third kappa shape index (κ3) is 3.29. The van der Waals surface area contributed by atoms with E-state index in [2.05, 4.69) is 0 Å². The van der Waals surface area contributed by atoms with E-state index in [0.717, 1.165) is 17.7 Å². The summed E-state index contributed by atoms with van der Waals surface area (Å²) in [6.07, 6.45) is -4.27. The molecule has 0 amide bonds. The van der Waals surface area contributed by atoms with Crippen molar-refractivity contribution in [3.05, 3.63) is 32.9 Å². The van der Waals surface area contributed by atoms with Crippen molar-refractivity contribution >= 4 is 35.0 Å². The number of hydrogen-bond donors (Lipinski definition) is 1. The predicted octanol–water partition coefficient (Wildman–Crippen LogP) is 3.19. The number of nitrogens with two attached hydrogens (primary N) is 1. The molecule has 0 saturated carbocycles. The molecule has 0 unspecified atom stereocenters. The number of halogens is 5. The van der Waals surface area contributed by atoms with E-state index in [1.807, 2.05) is 22.6 Å². The van der Waals surface area contributed by atoms with Crippen LogP contribution in [-0.2, 0) is 12.7 Å². The highest BCUT2D eigenvalue weighted by Gasteiger charge is 2.30. The summed E-state index contributed by atoms with van der Waals surface area (Å²) in [4.78, 5) is 0. The minimum atomic E-state index is -4.27. The molecule has 0 saturated heterocycles. The fourth-order valence-electron chi connectivity index (χ4n) is 0.889. The van der Waals surface area contributed by atoms with Crippen molar-refractivity contribution in [1.82, 2.24) is 0 Å². The quantitative estimate of drug-likeness (QED) is 0.783. The molecule has 0 aliphatic heterocycles. The molecule has 0 spiro atoms. The van der Waals surface area contributed by atoms with Crippen molar-refractivity contribution in [3.63, 3.8) is 0 Å². The van der Waals surface area contributed by atoms with E-state index in [4.69, 9.17) is 5.73 Å². The molecule has 80 valence electrons. The third-order valence-electron chi connectivity index (χ3n) is 1.60. The lowest BCUT2D eigenvalue weighted by Gasteiger charge is -2.08. The van der Waals surface area contributed by atoms with E-state index in [9.17, 15) is 13.2 Å². The monoisotopic (exact) mass is 337 g/mol. The van der Waals surface area contributed by atoms with Gasteiger partial charge in [0, 0.05) is 10.1 Å². The van der Waals surface area contributed by atoms with Crippen LogP contribution in [0.5, 0.6) is 0 Å². The minimum absolute atomic E-state index is 0. The maximum Gasteiger partial charge on any atom is 0.416 e. The second-order valence-electron chi connectivity index (χ2n) is 2.51. The van der Waals surface area contributed by atoms with Gasteiger partial charge in [0.05, 0.1) is 5.56 Å². The van der Waals surface area contributed by atoms with Crippen LogP contribution in [0.15, 0.2) is 18.2 Å². The van der Waals surface area contributed by atoms with Crippen LogP contribution < -0.4 is 5.73 Å². The Morgan fingerprint density at radius 2 is 1.86 bits per heavy atom. The molecule has 0 radical (unpaired) electrons. The Labute approximate surface area is 99.4 Å². The van der Waals surface area contributed by atoms with Crippen molar-refractivity contribution in [2.45, 2.75) is 12.7 Å². The van der Waals surface area contributed by atoms with Gasteiger partial charge in [-0.2, -0.15) is 13.2 Å². The van der Waals surface area contributed by atoms with E-state index < -0.39 is 11.7 Å². The number of hydrogen-bond acceptors (Lipinski definition) is 1. The topological polar surface area (TPSA) is 26.0 Å². The first-order valence-corrected chi connectivity index (χ1v) is 4.58. The van der Waals surface area contributed by atoms with Gasteiger partial charge in [-0.1, -0.05) is 6.07 Å². The molecule has 0 aliphatic carbocycles. The third-order valence-corrected chi connectivity index (χ3v) is 2.60. The molecular formula is C8H8ClF3IN. The lowest BCUT2D eigenvalue weighted by molar-refractivity contribution is -0.137. The van der Waals surface area contributed by atoms with Crippen LogP contribution in [0.1, 0.15) is 11.1 Å². The summed E-state index contributed by atoms with van der Waals surface area (Å²) >= 11 is 1.85. The number of benzene rings is 1. The van der Waals surface area contributed by atoms with Crippen LogP contribution in [0.3, 0.4) is 0 Å². The largest absolute Gasteiger partial charge is 0.416 e. The number of rotatable bonds is 1. The van der Waals surface area contributed by atoms with Gasteiger partial charge in [0.25, 0.3) is 0 Å². The van der Waals surface area contributed by atoms with Gasteiger partial charge < -0.3 is 5.73 Å². The van der Waals surface area contributed by atoms with E-state index >= 15 is 0 Å². The minimum Gasteiger partial charge on any atom is -0.326 e. The van der Waals surface area contributed by atoms with Crippen molar-refractivity contribution in [1.29, 1.82) is 0 Å². The zero-order chi connectivity index (χ0) is 10.1. The fourth-order valence-corrected chi connectivity index (χ4v) is 1.62. The lowest BCUT2D eigenvalue weighted by Crippen LogP contribution is -2.07. The molecule has 14 heavy (non-hydrogen) atoms. The summed E-state index contributed by atoms with van der Waals surface area (Å²) in [7, 11) is 0. The molecule has 0 atom stereocenters. The van der Waals surface area contributed by atoms with Gasteiger partial charge in [0.1, 0.15) is 0 Å². The Morgan fingerprint density at radius 1 is 1.29 bits per heavy atom. The van der Waals surface area contributed by atoms with Crippen LogP contribution in [0.2, 0.25) is 0 Å². The standard InChI is InChI=1S/C8H7F3IN.ClH/c9-8(10,11)6-2-1-5(4-13)7(12)3-6;/h1-3H,4,13H2;1H. The Morgan fingerprint density at radius 3 is 2.21 bits per heavy atom. The molecule has 1 nitrogen and oxygen atoms in total. The van der Waals surface area contributed by atoms with Gasteiger partial charge in [-0.15, -0.1) is 12.4 Å². The maximum atomic E-state index is 12.2. The zero-order valence-corrected chi connectivity index (χ0v) is 9.91. The summed E-state index contributed by atoms with van der Waals surface area (Å²) in [5, 5.41) is 0. The van der Waals surface area contributed by atoms with Crippen LogP contribution in [0, 0.1) is 3.57 Å². The van der Waals surface area contributed by atoms with Gasteiger partial charge in [-0.05, 0) is 40.3 Å². The highest BCUT2D eigenvalue weighted by atomic mass is 127. The zero-order valence-electron chi connectivity index (χ0n) is 6.94. The van der Waals surface area contributed by atoms with Crippen molar-refractivity contribution < 1.29 is 13.2 Å². The second kappa shape index (κ2) is 5.18. The van der Waals surface area contributed by atoms with Gasteiger partial charge in [0.2, 0.25) is 0 Å². The Balaban J connectivity index is 0.00000169. The van der Waals surface area contributed by atoms with Crippen molar-refractivity contribution in [3.8, 4) is 0 Å². The summed E-state index contributed by atoms with van der Waals surface area (Å²) in [6, 6.07) is 3.55. The molecule has 0 heterocycles. The molecule has 0 aliphatic rings.